The maximum absolute atomic E-state index is 5.78. The number of ether oxygens (including phenoxy) is 1. The van der Waals surface area contributed by atoms with Crippen LogP contribution in [0.1, 0.15) is 16.7 Å². The molecule has 0 bridgehead atoms. The summed E-state index contributed by atoms with van der Waals surface area (Å²) in [5.41, 5.74) is 11.8. The van der Waals surface area contributed by atoms with E-state index in [1.165, 1.54) is 16.9 Å². The third-order valence-electron chi connectivity index (χ3n) is 3.30. The van der Waals surface area contributed by atoms with Crippen molar-refractivity contribution in [3.63, 3.8) is 0 Å². The molecule has 0 spiro atoms. The van der Waals surface area contributed by atoms with Crippen LogP contribution in [-0.2, 0) is 6.61 Å². The van der Waals surface area contributed by atoms with Crippen molar-refractivity contribution in [3.8, 4) is 5.75 Å². The average Bonchev–Trinajstić information content (AvgIpc) is 3.01. The van der Waals surface area contributed by atoms with Crippen molar-refractivity contribution in [1.29, 1.82) is 0 Å². The van der Waals surface area contributed by atoms with Crippen molar-refractivity contribution in [3.05, 3.63) is 70.6 Å². The number of hydrogen-bond donors (Lipinski definition) is 2. The minimum Gasteiger partial charge on any atom is -0.489 e. The molecule has 0 aliphatic heterocycles. The van der Waals surface area contributed by atoms with E-state index in [1.54, 1.807) is 11.6 Å². The molecule has 0 amide bonds. The molecule has 0 radical (unpaired) electrons. The van der Waals surface area contributed by atoms with Crippen LogP contribution in [0.25, 0.3) is 0 Å². The van der Waals surface area contributed by atoms with Crippen LogP contribution >= 0.6 is 11.3 Å². The zero-order valence-electron chi connectivity index (χ0n) is 13.3. The van der Waals surface area contributed by atoms with Crippen molar-refractivity contribution in [2.24, 2.45) is 5.10 Å². The molecule has 0 aliphatic rings. The summed E-state index contributed by atoms with van der Waals surface area (Å²) in [6.07, 6.45) is 1.72. The summed E-state index contributed by atoms with van der Waals surface area (Å²) < 4.78 is 5.78. The Bertz CT molecular complexity index is 810. The lowest BCUT2D eigenvalue weighted by Gasteiger charge is -2.06. The lowest BCUT2D eigenvalue weighted by molar-refractivity contribution is 0.306. The number of nitrogens with two attached hydrogens (primary N) is 1. The van der Waals surface area contributed by atoms with E-state index < -0.39 is 0 Å². The summed E-state index contributed by atoms with van der Waals surface area (Å²) in [6, 6.07) is 16.1. The van der Waals surface area contributed by atoms with E-state index in [1.807, 2.05) is 24.3 Å². The molecule has 5 nitrogen and oxygen atoms in total. The van der Waals surface area contributed by atoms with E-state index in [0.717, 1.165) is 16.9 Å². The van der Waals surface area contributed by atoms with Crippen molar-refractivity contribution >= 4 is 28.5 Å². The zero-order chi connectivity index (χ0) is 16.8. The molecule has 0 saturated heterocycles. The van der Waals surface area contributed by atoms with Crippen LogP contribution in [0.3, 0.4) is 0 Å². The molecular weight excluding hydrogens is 320 g/mol. The van der Waals surface area contributed by atoms with Gasteiger partial charge in [0.05, 0.1) is 6.21 Å². The van der Waals surface area contributed by atoms with Gasteiger partial charge in [-0.1, -0.05) is 29.8 Å². The fraction of sp³-hybridized carbons (Fsp3) is 0.111. The minimum absolute atomic E-state index is 0.493. The molecule has 0 atom stereocenters. The van der Waals surface area contributed by atoms with Gasteiger partial charge in [-0.05, 0) is 42.3 Å². The van der Waals surface area contributed by atoms with Gasteiger partial charge in [0.2, 0.25) is 5.13 Å². The zero-order valence-corrected chi connectivity index (χ0v) is 14.1. The van der Waals surface area contributed by atoms with E-state index in [2.05, 4.69) is 46.7 Å². The molecule has 24 heavy (non-hydrogen) atoms. The lowest BCUT2D eigenvalue weighted by Crippen LogP contribution is -1.95. The summed E-state index contributed by atoms with van der Waals surface area (Å²) in [6.45, 7) is 2.63. The Morgan fingerprint density at radius 3 is 2.58 bits per heavy atom. The Hall–Kier alpha value is -2.86. The van der Waals surface area contributed by atoms with Crippen LogP contribution in [0.4, 0.5) is 10.9 Å². The van der Waals surface area contributed by atoms with Crippen LogP contribution in [0.2, 0.25) is 0 Å². The fourth-order valence-electron chi connectivity index (χ4n) is 2.00. The van der Waals surface area contributed by atoms with Gasteiger partial charge in [0.25, 0.3) is 0 Å². The number of nitrogen functional groups attached to an aromatic ring is 1. The molecule has 3 aromatic rings. The third kappa shape index (κ3) is 4.57. The molecule has 122 valence electrons. The Morgan fingerprint density at radius 1 is 1.17 bits per heavy atom. The molecular formula is C18H18N4OS. The normalized spacial score (nSPS) is 10.9. The van der Waals surface area contributed by atoms with Gasteiger partial charge in [-0.25, -0.2) is 4.98 Å². The molecule has 0 aliphatic carbocycles. The standard InChI is InChI=1S/C18H18N4OS/c1-13-2-4-15(5-3-13)11-23-16-8-6-14(7-9-16)10-20-22-18-21-17(19)12-24-18/h2-10,12H,11,19H2,1H3,(H,21,22). The van der Waals surface area contributed by atoms with E-state index >= 15 is 0 Å². The highest BCUT2D eigenvalue weighted by molar-refractivity contribution is 7.14. The number of aromatic nitrogens is 1. The Morgan fingerprint density at radius 2 is 1.92 bits per heavy atom. The van der Waals surface area contributed by atoms with E-state index in [4.69, 9.17) is 10.5 Å². The van der Waals surface area contributed by atoms with Gasteiger partial charge in [0, 0.05) is 5.38 Å². The summed E-state index contributed by atoms with van der Waals surface area (Å²) >= 11 is 1.41. The molecule has 6 heteroatoms. The Labute approximate surface area is 144 Å². The predicted octanol–water partition coefficient (Wildman–Crippen LogP) is 4.06. The number of nitrogens with zero attached hydrogens (tertiary/aromatic N) is 2. The largest absolute Gasteiger partial charge is 0.489 e. The first-order valence-electron chi connectivity index (χ1n) is 7.47. The average molecular weight is 338 g/mol. The molecule has 0 fully saturated rings. The van der Waals surface area contributed by atoms with Crippen molar-refractivity contribution < 1.29 is 4.74 Å². The van der Waals surface area contributed by atoms with Crippen LogP contribution < -0.4 is 15.9 Å². The quantitative estimate of drug-likeness (QED) is 0.525. The van der Waals surface area contributed by atoms with E-state index in [-0.39, 0.29) is 0 Å². The van der Waals surface area contributed by atoms with E-state index in [0.29, 0.717) is 17.6 Å². The second kappa shape index (κ2) is 7.61. The molecule has 1 heterocycles. The maximum Gasteiger partial charge on any atom is 0.205 e. The lowest BCUT2D eigenvalue weighted by atomic mass is 10.2. The minimum atomic E-state index is 0.493. The Kier molecular flexibility index (Phi) is 5.08. The summed E-state index contributed by atoms with van der Waals surface area (Å²) in [5, 5.41) is 6.56. The second-order valence-corrected chi connectivity index (χ2v) is 6.15. The first-order valence-corrected chi connectivity index (χ1v) is 8.35. The van der Waals surface area contributed by atoms with Crippen LogP contribution in [-0.4, -0.2) is 11.2 Å². The first kappa shape index (κ1) is 16.0. The van der Waals surface area contributed by atoms with Gasteiger partial charge in [0.15, 0.2) is 0 Å². The highest BCUT2D eigenvalue weighted by Crippen LogP contribution is 2.16. The maximum atomic E-state index is 5.78. The van der Waals surface area contributed by atoms with Crippen molar-refractivity contribution in [1.82, 2.24) is 4.98 Å². The van der Waals surface area contributed by atoms with Gasteiger partial charge in [-0.2, -0.15) is 5.10 Å². The van der Waals surface area contributed by atoms with Crippen LogP contribution in [0.15, 0.2) is 59.0 Å². The fourth-order valence-corrected chi connectivity index (χ4v) is 2.55. The summed E-state index contributed by atoms with van der Waals surface area (Å²) in [5.74, 6) is 1.32. The smallest absolute Gasteiger partial charge is 0.205 e. The molecule has 3 rings (SSSR count). The number of nitrogens with one attached hydrogen (secondary N) is 1. The highest BCUT2D eigenvalue weighted by atomic mass is 32.1. The monoisotopic (exact) mass is 338 g/mol. The SMILES string of the molecule is Cc1ccc(COc2ccc(C=NNc3nc(N)cs3)cc2)cc1. The van der Waals surface area contributed by atoms with Gasteiger partial charge >= 0.3 is 0 Å². The predicted molar refractivity (Wildman–Crippen MR) is 99.7 cm³/mol. The topological polar surface area (TPSA) is 72.5 Å². The summed E-state index contributed by atoms with van der Waals surface area (Å²) in [7, 11) is 0. The van der Waals surface area contributed by atoms with Crippen LogP contribution in [0, 0.1) is 6.92 Å². The number of hydrazone groups is 1. The number of rotatable bonds is 6. The van der Waals surface area contributed by atoms with Crippen molar-refractivity contribution in [2.45, 2.75) is 13.5 Å². The van der Waals surface area contributed by atoms with Gasteiger partial charge in [-0.3, -0.25) is 5.43 Å². The highest BCUT2D eigenvalue weighted by Gasteiger charge is 1.98. The Balaban J connectivity index is 1.52. The van der Waals surface area contributed by atoms with Crippen LogP contribution in [0.5, 0.6) is 5.75 Å². The molecule has 2 aromatic carbocycles. The third-order valence-corrected chi connectivity index (χ3v) is 4.07. The number of anilines is 2. The number of aryl methyl sites for hydroxylation is 1. The van der Waals surface area contributed by atoms with Gasteiger partial charge in [-0.15, -0.1) is 11.3 Å². The van der Waals surface area contributed by atoms with Gasteiger partial charge in [0.1, 0.15) is 18.2 Å². The number of thiazole rings is 1. The molecule has 0 unspecified atom stereocenters. The first-order chi connectivity index (χ1) is 11.7. The molecule has 0 saturated carbocycles. The number of benzene rings is 2. The van der Waals surface area contributed by atoms with E-state index in [9.17, 15) is 0 Å². The van der Waals surface area contributed by atoms with Crippen molar-refractivity contribution in [2.75, 3.05) is 11.2 Å². The van der Waals surface area contributed by atoms with Gasteiger partial charge < -0.3 is 10.5 Å². The molecule has 3 N–H and O–H groups in total. The molecule has 1 aromatic heterocycles. The number of hydrogen-bond acceptors (Lipinski definition) is 6. The second-order valence-electron chi connectivity index (χ2n) is 5.29. The summed E-state index contributed by atoms with van der Waals surface area (Å²) in [4.78, 5) is 4.07.